The molecule has 1 N–H and O–H groups in total. The van der Waals surface area contributed by atoms with E-state index in [0.717, 1.165) is 0 Å². The number of aromatic nitrogens is 1. The number of rotatable bonds is 3. The van der Waals surface area contributed by atoms with E-state index < -0.39 is 11.4 Å². The van der Waals surface area contributed by atoms with Crippen molar-refractivity contribution >= 4 is 33.4 Å². The first-order valence-corrected chi connectivity index (χ1v) is 8.31. The predicted octanol–water partition coefficient (Wildman–Crippen LogP) is 3.14. The first kappa shape index (κ1) is 17.0. The molecule has 0 aliphatic carbocycles. The van der Waals surface area contributed by atoms with Crippen molar-refractivity contribution in [1.29, 1.82) is 0 Å². The van der Waals surface area contributed by atoms with E-state index in [1.54, 1.807) is 11.0 Å². The second-order valence-electron chi connectivity index (χ2n) is 5.38. The van der Waals surface area contributed by atoms with Gasteiger partial charge in [-0.3, -0.25) is 9.59 Å². The smallest absolute Gasteiger partial charge is 0.291 e. The molecule has 0 bridgehead atoms. The molecule has 2 heterocycles. The number of H-pyrrole nitrogens is 1. The maximum absolute atomic E-state index is 13.3. The van der Waals surface area contributed by atoms with Crippen LogP contribution in [0.4, 0.5) is 4.39 Å². The van der Waals surface area contributed by atoms with Crippen molar-refractivity contribution in [3.63, 3.8) is 0 Å². The SMILES string of the molecule is COc1c2c(c(Br)[nH]c1=O)CCN(Cc1ccc(F)c(Cl)c1)C2=O. The first-order valence-electron chi connectivity index (χ1n) is 7.14. The van der Waals surface area contributed by atoms with E-state index in [-0.39, 0.29) is 28.8 Å². The van der Waals surface area contributed by atoms with Gasteiger partial charge in [-0.25, -0.2) is 4.39 Å². The van der Waals surface area contributed by atoms with Crippen LogP contribution in [0.1, 0.15) is 21.5 Å². The summed E-state index contributed by atoms with van der Waals surface area (Å²) in [4.78, 5) is 29.0. The van der Waals surface area contributed by atoms with E-state index in [2.05, 4.69) is 20.9 Å². The number of amides is 1. The molecule has 0 unspecified atom stereocenters. The number of benzene rings is 1. The van der Waals surface area contributed by atoms with Gasteiger partial charge >= 0.3 is 0 Å². The van der Waals surface area contributed by atoms with Crippen LogP contribution in [0.2, 0.25) is 5.02 Å². The number of nitrogens with zero attached hydrogens (tertiary/aromatic N) is 1. The average Bonchev–Trinajstić information content (AvgIpc) is 2.54. The second-order valence-corrected chi connectivity index (χ2v) is 6.58. The largest absolute Gasteiger partial charge is 0.491 e. The first-order chi connectivity index (χ1) is 11.4. The third kappa shape index (κ3) is 2.93. The summed E-state index contributed by atoms with van der Waals surface area (Å²) in [6, 6.07) is 4.33. The minimum atomic E-state index is -0.507. The summed E-state index contributed by atoms with van der Waals surface area (Å²) in [5.74, 6) is -0.812. The van der Waals surface area contributed by atoms with Crippen LogP contribution in [0.3, 0.4) is 0 Å². The average molecular weight is 416 g/mol. The number of fused-ring (bicyclic) bond motifs is 1. The summed E-state index contributed by atoms with van der Waals surface area (Å²) in [6.45, 7) is 0.737. The molecular weight excluding hydrogens is 403 g/mol. The number of ether oxygens (including phenoxy) is 1. The van der Waals surface area contributed by atoms with Crippen LogP contribution in [0.5, 0.6) is 5.75 Å². The molecule has 1 aliphatic heterocycles. The van der Waals surface area contributed by atoms with Crippen LogP contribution in [0, 0.1) is 5.82 Å². The highest BCUT2D eigenvalue weighted by molar-refractivity contribution is 9.10. The van der Waals surface area contributed by atoms with Gasteiger partial charge in [0.25, 0.3) is 11.5 Å². The van der Waals surface area contributed by atoms with Gasteiger partial charge in [0.1, 0.15) is 5.82 Å². The summed E-state index contributed by atoms with van der Waals surface area (Å²) >= 11 is 9.08. The summed E-state index contributed by atoms with van der Waals surface area (Å²) in [6.07, 6.45) is 0.559. The van der Waals surface area contributed by atoms with Crippen LogP contribution >= 0.6 is 27.5 Å². The van der Waals surface area contributed by atoms with Crippen LogP contribution < -0.4 is 10.3 Å². The Bertz CT molecular complexity index is 884. The molecule has 0 saturated heterocycles. The lowest BCUT2D eigenvalue weighted by atomic mass is 10.00. The Morgan fingerprint density at radius 3 is 2.83 bits per heavy atom. The summed E-state index contributed by atoms with van der Waals surface area (Å²) in [5.41, 5.74) is 1.21. The zero-order valence-electron chi connectivity index (χ0n) is 12.7. The van der Waals surface area contributed by atoms with Crippen molar-refractivity contribution in [2.45, 2.75) is 13.0 Å². The Morgan fingerprint density at radius 1 is 1.42 bits per heavy atom. The zero-order chi connectivity index (χ0) is 17.4. The van der Waals surface area contributed by atoms with E-state index in [4.69, 9.17) is 16.3 Å². The Kier molecular flexibility index (Phi) is 4.64. The van der Waals surface area contributed by atoms with E-state index in [9.17, 15) is 14.0 Å². The highest BCUT2D eigenvalue weighted by atomic mass is 79.9. The van der Waals surface area contributed by atoms with Crippen molar-refractivity contribution in [2.75, 3.05) is 13.7 Å². The minimum absolute atomic E-state index is 0.0000357. The molecule has 1 aromatic carbocycles. The van der Waals surface area contributed by atoms with E-state index in [1.807, 2.05) is 0 Å². The van der Waals surface area contributed by atoms with Gasteiger partial charge in [-0.2, -0.15) is 0 Å². The van der Waals surface area contributed by atoms with Gasteiger partial charge < -0.3 is 14.6 Å². The number of hydrogen-bond donors (Lipinski definition) is 1. The molecular formula is C16H13BrClFN2O3. The van der Waals surface area contributed by atoms with Crippen molar-refractivity contribution < 1.29 is 13.9 Å². The normalized spacial score (nSPS) is 13.8. The van der Waals surface area contributed by atoms with Gasteiger partial charge in [-0.15, -0.1) is 0 Å². The van der Waals surface area contributed by atoms with Gasteiger partial charge in [-0.1, -0.05) is 17.7 Å². The molecule has 0 saturated carbocycles. The summed E-state index contributed by atoms with van der Waals surface area (Å²) in [7, 11) is 1.35. The maximum Gasteiger partial charge on any atom is 0.291 e. The third-order valence-corrected chi connectivity index (χ3v) is 4.88. The molecule has 2 aromatic rings. The number of carbonyl (C=O) groups is 1. The Labute approximate surface area is 150 Å². The Hall–Kier alpha value is -1.86. The van der Waals surface area contributed by atoms with Gasteiger partial charge in [0, 0.05) is 18.7 Å². The number of nitrogens with one attached hydrogen (secondary N) is 1. The van der Waals surface area contributed by atoms with Crippen molar-refractivity contribution in [1.82, 2.24) is 9.88 Å². The van der Waals surface area contributed by atoms with Gasteiger partial charge in [-0.05, 0) is 40.0 Å². The topological polar surface area (TPSA) is 62.4 Å². The maximum atomic E-state index is 13.3. The third-order valence-electron chi connectivity index (χ3n) is 3.92. The fourth-order valence-electron chi connectivity index (χ4n) is 2.76. The number of aromatic amines is 1. The monoisotopic (exact) mass is 414 g/mol. The Balaban J connectivity index is 1.97. The second kappa shape index (κ2) is 6.57. The molecule has 1 aliphatic rings. The fraction of sp³-hybridized carbons (Fsp3) is 0.250. The molecule has 5 nitrogen and oxygen atoms in total. The van der Waals surface area contributed by atoms with Crippen LogP contribution in [-0.2, 0) is 13.0 Å². The predicted molar refractivity (Wildman–Crippen MR) is 91.2 cm³/mol. The van der Waals surface area contributed by atoms with Crippen molar-refractivity contribution in [3.05, 3.63) is 60.7 Å². The number of pyridine rings is 1. The molecule has 0 radical (unpaired) electrons. The molecule has 0 fully saturated rings. The number of carbonyl (C=O) groups excluding carboxylic acids is 1. The highest BCUT2D eigenvalue weighted by Crippen LogP contribution is 2.30. The lowest BCUT2D eigenvalue weighted by molar-refractivity contribution is 0.0722. The quantitative estimate of drug-likeness (QED) is 0.784. The van der Waals surface area contributed by atoms with E-state index in [1.165, 1.54) is 19.2 Å². The fourth-order valence-corrected chi connectivity index (χ4v) is 3.54. The molecule has 24 heavy (non-hydrogen) atoms. The number of hydrogen-bond acceptors (Lipinski definition) is 3. The van der Waals surface area contributed by atoms with Crippen LogP contribution in [0.25, 0.3) is 0 Å². The molecule has 0 atom stereocenters. The number of methoxy groups -OCH3 is 1. The number of halogens is 3. The summed E-state index contributed by atoms with van der Waals surface area (Å²) in [5, 5.41) is 0.00845. The van der Waals surface area contributed by atoms with Gasteiger partial charge in [0.05, 0.1) is 22.3 Å². The van der Waals surface area contributed by atoms with E-state index in [0.29, 0.717) is 28.7 Å². The molecule has 8 heteroatoms. The molecule has 0 spiro atoms. The van der Waals surface area contributed by atoms with E-state index >= 15 is 0 Å². The summed E-state index contributed by atoms with van der Waals surface area (Å²) < 4.78 is 18.9. The van der Waals surface area contributed by atoms with Crippen LogP contribution in [0.15, 0.2) is 27.6 Å². The molecule has 3 rings (SSSR count). The van der Waals surface area contributed by atoms with Crippen molar-refractivity contribution in [2.24, 2.45) is 0 Å². The standard InChI is InChI=1S/C16H13BrClFN2O3/c1-24-13-12-9(14(17)20-15(13)22)4-5-21(16(12)23)7-8-2-3-11(19)10(18)6-8/h2-3,6H,4-5,7H2,1H3,(H,20,22). The van der Waals surface area contributed by atoms with Gasteiger partial charge in [0.2, 0.25) is 0 Å². The molecule has 126 valence electrons. The lowest BCUT2D eigenvalue weighted by Gasteiger charge is -2.29. The molecule has 1 aromatic heterocycles. The lowest BCUT2D eigenvalue weighted by Crippen LogP contribution is -2.39. The van der Waals surface area contributed by atoms with Gasteiger partial charge in [0.15, 0.2) is 5.75 Å². The minimum Gasteiger partial charge on any atom is -0.491 e. The zero-order valence-corrected chi connectivity index (χ0v) is 15.0. The van der Waals surface area contributed by atoms with Crippen LogP contribution in [-0.4, -0.2) is 29.4 Å². The van der Waals surface area contributed by atoms with Crippen molar-refractivity contribution in [3.8, 4) is 5.75 Å². The Morgan fingerprint density at radius 2 is 2.17 bits per heavy atom. The molecule has 1 amide bonds. The highest BCUT2D eigenvalue weighted by Gasteiger charge is 2.31.